The maximum absolute atomic E-state index is 12.1. The second kappa shape index (κ2) is 7.38. The number of rotatable bonds is 7. The number of nitrogens with zero attached hydrogens (tertiary/aromatic N) is 2. The first kappa shape index (κ1) is 16.5. The van der Waals surface area contributed by atoms with Gasteiger partial charge in [0, 0.05) is 5.69 Å². The summed E-state index contributed by atoms with van der Waals surface area (Å²) >= 11 is 1.39. The van der Waals surface area contributed by atoms with Gasteiger partial charge < -0.3 is 15.0 Å². The summed E-state index contributed by atoms with van der Waals surface area (Å²) in [5.41, 5.74) is 1.69. The highest BCUT2D eigenvalue weighted by molar-refractivity contribution is 7.17. The zero-order chi connectivity index (χ0) is 16.1. The zero-order valence-corrected chi connectivity index (χ0v) is 14.2. The molecule has 118 valence electrons. The van der Waals surface area contributed by atoms with Crippen LogP contribution in [-0.4, -0.2) is 42.9 Å². The number of aryl methyl sites for hydroxylation is 1. The van der Waals surface area contributed by atoms with Gasteiger partial charge >= 0.3 is 0 Å². The number of hydrogen-bond acceptors (Lipinski definition) is 6. The molecule has 22 heavy (non-hydrogen) atoms. The highest BCUT2D eigenvalue weighted by Crippen LogP contribution is 2.27. The first-order chi connectivity index (χ1) is 10.5. The Kier molecular flexibility index (Phi) is 5.51. The van der Waals surface area contributed by atoms with Crippen molar-refractivity contribution in [3.8, 4) is 5.75 Å². The Balaban J connectivity index is 2.09. The minimum Gasteiger partial charge on any atom is -0.494 e. The monoisotopic (exact) mass is 319 g/mol. The average molecular weight is 319 g/mol. The van der Waals surface area contributed by atoms with Gasteiger partial charge in [-0.05, 0) is 52.2 Å². The summed E-state index contributed by atoms with van der Waals surface area (Å²) in [5.74, 6) is 0.935. The number of carbonyl (C=O) groups excluding carboxylic acids is 1. The fraction of sp³-hybridized carbons (Fsp3) is 0.375. The number of Topliss-reactive ketones (excluding diaryl/α,β-unsaturated/α-hetero) is 1. The van der Waals surface area contributed by atoms with E-state index in [-0.39, 0.29) is 5.78 Å². The van der Waals surface area contributed by atoms with Gasteiger partial charge in [0.1, 0.15) is 5.75 Å². The van der Waals surface area contributed by atoms with Crippen molar-refractivity contribution in [2.45, 2.75) is 13.8 Å². The second-order valence-corrected chi connectivity index (χ2v) is 6.18. The van der Waals surface area contributed by atoms with E-state index in [1.807, 2.05) is 57.1 Å². The molecule has 0 saturated carbocycles. The van der Waals surface area contributed by atoms with Crippen LogP contribution in [0.1, 0.15) is 22.3 Å². The summed E-state index contributed by atoms with van der Waals surface area (Å²) < 4.78 is 5.41. The summed E-state index contributed by atoms with van der Waals surface area (Å²) in [6.45, 7) is 4.86. The molecule has 0 aliphatic rings. The SMILES string of the molecule is CCOc1ccc(Nc2nc(C)c(C(=O)CN(C)C)s2)cc1. The van der Waals surface area contributed by atoms with Crippen molar-refractivity contribution < 1.29 is 9.53 Å². The smallest absolute Gasteiger partial charge is 0.188 e. The minimum absolute atomic E-state index is 0.0970. The fourth-order valence-electron chi connectivity index (χ4n) is 1.99. The van der Waals surface area contributed by atoms with Crippen LogP contribution in [0.25, 0.3) is 0 Å². The molecule has 0 aliphatic carbocycles. The van der Waals surface area contributed by atoms with Crippen LogP contribution in [-0.2, 0) is 0 Å². The molecule has 0 unspecified atom stereocenters. The Morgan fingerprint density at radius 3 is 2.59 bits per heavy atom. The molecule has 2 aromatic rings. The predicted octanol–water partition coefficient (Wildman–Crippen LogP) is 3.34. The van der Waals surface area contributed by atoms with E-state index in [2.05, 4.69) is 10.3 Å². The van der Waals surface area contributed by atoms with Gasteiger partial charge in [0.05, 0.1) is 23.7 Å². The number of likely N-dealkylation sites (N-methyl/N-ethyl adjacent to an activating group) is 1. The Morgan fingerprint density at radius 2 is 2.00 bits per heavy atom. The van der Waals surface area contributed by atoms with E-state index < -0.39 is 0 Å². The van der Waals surface area contributed by atoms with Crippen LogP contribution >= 0.6 is 11.3 Å². The lowest BCUT2D eigenvalue weighted by atomic mass is 10.3. The lowest BCUT2D eigenvalue weighted by Gasteiger charge is -2.06. The molecule has 5 nitrogen and oxygen atoms in total. The van der Waals surface area contributed by atoms with E-state index in [0.717, 1.165) is 22.3 Å². The second-order valence-electron chi connectivity index (χ2n) is 5.18. The van der Waals surface area contributed by atoms with Gasteiger partial charge in [-0.2, -0.15) is 0 Å². The van der Waals surface area contributed by atoms with Crippen molar-refractivity contribution in [1.29, 1.82) is 0 Å². The first-order valence-corrected chi connectivity index (χ1v) is 7.96. The van der Waals surface area contributed by atoms with Crippen LogP contribution in [0.3, 0.4) is 0 Å². The average Bonchev–Trinajstić information content (AvgIpc) is 2.81. The molecule has 0 spiro atoms. The van der Waals surface area contributed by atoms with Gasteiger partial charge in [0.2, 0.25) is 0 Å². The molecule has 0 amide bonds. The van der Waals surface area contributed by atoms with Crippen molar-refractivity contribution in [3.63, 3.8) is 0 Å². The largest absolute Gasteiger partial charge is 0.494 e. The Hall–Kier alpha value is -1.92. The lowest BCUT2D eigenvalue weighted by molar-refractivity contribution is 0.0961. The molecule has 1 aromatic heterocycles. The highest BCUT2D eigenvalue weighted by Gasteiger charge is 2.16. The normalized spacial score (nSPS) is 10.8. The molecule has 2 rings (SSSR count). The molecule has 0 fully saturated rings. The minimum atomic E-state index is 0.0970. The van der Waals surface area contributed by atoms with Crippen LogP contribution in [0.4, 0.5) is 10.8 Å². The van der Waals surface area contributed by atoms with E-state index in [4.69, 9.17) is 4.74 Å². The number of ether oxygens (including phenoxy) is 1. The number of hydrogen-bond donors (Lipinski definition) is 1. The van der Waals surface area contributed by atoms with Crippen molar-refractivity contribution >= 4 is 27.9 Å². The third-order valence-electron chi connectivity index (χ3n) is 2.93. The maximum Gasteiger partial charge on any atom is 0.188 e. The molecule has 0 radical (unpaired) electrons. The number of carbonyl (C=O) groups is 1. The summed E-state index contributed by atoms with van der Waals surface area (Å²) in [6.07, 6.45) is 0. The van der Waals surface area contributed by atoms with Gasteiger partial charge in [-0.1, -0.05) is 11.3 Å². The van der Waals surface area contributed by atoms with E-state index in [0.29, 0.717) is 18.0 Å². The van der Waals surface area contributed by atoms with Crippen LogP contribution < -0.4 is 10.1 Å². The molecule has 1 N–H and O–H groups in total. The number of benzene rings is 1. The Labute approximate surface area is 134 Å². The molecule has 0 bridgehead atoms. The number of aromatic nitrogens is 1. The van der Waals surface area contributed by atoms with Gasteiger partial charge in [0.15, 0.2) is 10.9 Å². The van der Waals surface area contributed by atoms with Gasteiger partial charge in [-0.25, -0.2) is 4.98 Å². The number of thiazole rings is 1. The Morgan fingerprint density at radius 1 is 1.32 bits per heavy atom. The number of ketones is 1. The van der Waals surface area contributed by atoms with Gasteiger partial charge in [-0.15, -0.1) is 0 Å². The molecule has 0 aliphatic heterocycles. The summed E-state index contributed by atoms with van der Waals surface area (Å²) in [6, 6.07) is 7.68. The lowest BCUT2D eigenvalue weighted by Crippen LogP contribution is -2.21. The van der Waals surface area contributed by atoms with Crippen LogP contribution in [0.15, 0.2) is 24.3 Å². The van der Waals surface area contributed by atoms with Crippen LogP contribution in [0.2, 0.25) is 0 Å². The van der Waals surface area contributed by atoms with Gasteiger partial charge in [0.25, 0.3) is 0 Å². The van der Waals surface area contributed by atoms with Crippen molar-refractivity contribution in [2.75, 3.05) is 32.6 Å². The molecule has 0 atom stereocenters. The number of nitrogens with one attached hydrogen (secondary N) is 1. The van der Waals surface area contributed by atoms with Crippen molar-refractivity contribution in [3.05, 3.63) is 34.8 Å². The Bertz CT molecular complexity index is 635. The van der Waals surface area contributed by atoms with E-state index in [1.165, 1.54) is 11.3 Å². The van der Waals surface area contributed by atoms with Crippen LogP contribution in [0.5, 0.6) is 5.75 Å². The van der Waals surface area contributed by atoms with Gasteiger partial charge in [-0.3, -0.25) is 4.79 Å². The third-order valence-corrected chi connectivity index (χ3v) is 4.04. The van der Waals surface area contributed by atoms with Crippen LogP contribution in [0, 0.1) is 6.92 Å². The summed E-state index contributed by atoms with van der Waals surface area (Å²) in [5, 5.41) is 3.95. The molecular weight excluding hydrogens is 298 g/mol. The first-order valence-electron chi connectivity index (χ1n) is 7.15. The molecule has 1 aromatic carbocycles. The molecule has 6 heteroatoms. The fourth-order valence-corrected chi connectivity index (χ4v) is 2.91. The van der Waals surface area contributed by atoms with E-state index in [9.17, 15) is 4.79 Å². The zero-order valence-electron chi connectivity index (χ0n) is 13.3. The predicted molar refractivity (Wildman–Crippen MR) is 90.6 cm³/mol. The topological polar surface area (TPSA) is 54.5 Å². The summed E-state index contributed by atoms with van der Waals surface area (Å²) in [7, 11) is 3.76. The van der Waals surface area contributed by atoms with Crippen molar-refractivity contribution in [2.24, 2.45) is 0 Å². The van der Waals surface area contributed by atoms with E-state index in [1.54, 1.807) is 0 Å². The molecule has 0 saturated heterocycles. The quantitative estimate of drug-likeness (QED) is 0.793. The highest BCUT2D eigenvalue weighted by atomic mass is 32.1. The van der Waals surface area contributed by atoms with Crippen molar-refractivity contribution in [1.82, 2.24) is 9.88 Å². The van der Waals surface area contributed by atoms with E-state index >= 15 is 0 Å². The maximum atomic E-state index is 12.1. The molecular formula is C16H21N3O2S. The number of anilines is 2. The third kappa shape index (κ3) is 4.29. The standard InChI is InChI=1S/C16H21N3O2S/c1-5-21-13-8-6-12(7-9-13)18-16-17-11(2)15(22-16)14(20)10-19(3)4/h6-9H,5,10H2,1-4H3,(H,17,18). The molecule has 1 heterocycles. The summed E-state index contributed by atoms with van der Waals surface area (Å²) in [4.78, 5) is 19.1.